The van der Waals surface area contributed by atoms with E-state index >= 15 is 0 Å². The lowest BCUT2D eigenvalue weighted by atomic mass is 10.1. The van der Waals surface area contributed by atoms with Gasteiger partial charge in [0.05, 0.1) is 0 Å². The van der Waals surface area contributed by atoms with Crippen LogP contribution in [0.15, 0.2) is 48.8 Å². The first-order chi connectivity index (χ1) is 11.5. The molecular weight excluding hydrogens is 302 g/mol. The third-order valence-corrected chi connectivity index (χ3v) is 4.49. The van der Waals surface area contributed by atoms with Crippen molar-refractivity contribution in [3.63, 3.8) is 0 Å². The van der Waals surface area contributed by atoms with Crippen molar-refractivity contribution in [1.82, 2.24) is 14.8 Å². The van der Waals surface area contributed by atoms with E-state index in [1.54, 1.807) is 29.2 Å². The van der Waals surface area contributed by atoms with Crippen molar-refractivity contribution in [1.29, 1.82) is 0 Å². The van der Waals surface area contributed by atoms with Crippen LogP contribution in [-0.4, -0.2) is 39.7 Å². The number of pyridine rings is 1. The molecule has 1 aromatic carbocycles. The van der Waals surface area contributed by atoms with E-state index < -0.39 is 6.04 Å². The van der Waals surface area contributed by atoms with Crippen LogP contribution < -0.4 is 0 Å². The number of benzene rings is 1. The van der Waals surface area contributed by atoms with Crippen LogP contribution in [0.1, 0.15) is 29.8 Å². The van der Waals surface area contributed by atoms with Gasteiger partial charge in [0.15, 0.2) is 0 Å². The van der Waals surface area contributed by atoms with Gasteiger partial charge in [-0.2, -0.15) is 0 Å². The van der Waals surface area contributed by atoms with Crippen LogP contribution in [0.25, 0.3) is 0 Å². The third-order valence-electron chi connectivity index (χ3n) is 4.49. The molecule has 0 saturated carbocycles. The molecule has 1 aliphatic rings. The van der Waals surface area contributed by atoms with Crippen molar-refractivity contribution in [3.05, 3.63) is 65.5 Å². The summed E-state index contributed by atoms with van der Waals surface area (Å²) in [6, 6.07) is 11.2. The maximum Gasteiger partial charge on any atom is 0.247 e. The summed E-state index contributed by atoms with van der Waals surface area (Å²) >= 11 is 0. The third kappa shape index (κ3) is 2.89. The quantitative estimate of drug-likeness (QED) is 0.871. The van der Waals surface area contributed by atoms with Crippen LogP contribution in [0.3, 0.4) is 0 Å². The largest absolute Gasteiger partial charge is 0.319 e. The molecule has 2 atom stereocenters. The first-order valence-corrected chi connectivity index (χ1v) is 8.00. The SMILES string of the molecule is CC(=O)N1C(Cc2cccnc2)C(=O)N(C)C1c1ccc(C)cc1. The zero-order chi connectivity index (χ0) is 17.3. The normalized spacial score (nSPS) is 20.5. The summed E-state index contributed by atoms with van der Waals surface area (Å²) < 4.78 is 0. The van der Waals surface area contributed by atoms with Crippen LogP contribution in [0, 0.1) is 6.92 Å². The number of aryl methyl sites for hydroxylation is 1. The molecule has 0 radical (unpaired) electrons. The molecule has 5 nitrogen and oxygen atoms in total. The fourth-order valence-corrected chi connectivity index (χ4v) is 3.27. The second kappa shape index (κ2) is 6.43. The van der Waals surface area contributed by atoms with Crippen molar-refractivity contribution in [3.8, 4) is 0 Å². The van der Waals surface area contributed by atoms with Gasteiger partial charge in [0.2, 0.25) is 11.8 Å². The minimum atomic E-state index is -0.497. The molecule has 1 aromatic heterocycles. The number of aromatic nitrogens is 1. The molecule has 0 spiro atoms. The van der Waals surface area contributed by atoms with Gasteiger partial charge < -0.3 is 9.80 Å². The Bertz CT molecular complexity index is 743. The molecule has 2 aromatic rings. The van der Waals surface area contributed by atoms with Gasteiger partial charge in [-0.05, 0) is 24.1 Å². The summed E-state index contributed by atoms with van der Waals surface area (Å²) in [6.45, 7) is 3.53. The number of hydrogen-bond donors (Lipinski definition) is 0. The Hall–Kier alpha value is -2.69. The van der Waals surface area contributed by atoms with Crippen LogP contribution in [0.4, 0.5) is 0 Å². The molecule has 2 unspecified atom stereocenters. The van der Waals surface area contributed by atoms with E-state index in [0.717, 1.165) is 16.7 Å². The Morgan fingerprint density at radius 3 is 2.50 bits per heavy atom. The van der Waals surface area contributed by atoms with Crippen molar-refractivity contribution >= 4 is 11.8 Å². The molecule has 24 heavy (non-hydrogen) atoms. The number of amides is 2. The number of hydrogen-bond acceptors (Lipinski definition) is 3. The van der Waals surface area contributed by atoms with Crippen LogP contribution in [0.2, 0.25) is 0 Å². The van der Waals surface area contributed by atoms with Crippen molar-refractivity contribution in [2.75, 3.05) is 7.05 Å². The Balaban J connectivity index is 1.96. The van der Waals surface area contributed by atoms with Gasteiger partial charge in [0, 0.05) is 32.8 Å². The minimum Gasteiger partial charge on any atom is -0.319 e. The van der Waals surface area contributed by atoms with E-state index in [1.807, 2.05) is 43.3 Å². The highest BCUT2D eigenvalue weighted by molar-refractivity contribution is 5.91. The lowest BCUT2D eigenvalue weighted by Crippen LogP contribution is -2.39. The second-order valence-corrected chi connectivity index (χ2v) is 6.24. The van der Waals surface area contributed by atoms with Crippen LogP contribution in [-0.2, 0) is 16.0 Å². The van der Waals surface area contributed by atoms with E-state index in [2.05, 4.69) is 4.98 Å². The average Bonchev–Trinajstić information content (AvgIpc) is 2.82. The monoisotopic (exact) mass is 323 g/mol. The Kier molecular flexibility index (Phi) is 4.34. The van der Waals surface area contributed by atoms with Gasteiger partial charge in [0.25, 0.3) is 0 Å². The maximum atomic E-state index is 12.8. The lowest BCUT2D eigenvalue weighted by Gasteiger charge is -2.29. The molecule has 124 valence electrons. The number of likely N-dealkylation sites (N-methyl/N-ethyl adjacent to an activating group) is 1. The van der Waals surface area contributed by atoms with Crippen LogP contribution >= 0.6 is 0 Å². The number of rotatable bonds is 3. The lowest BCUT2D eigenvalue weighted by molar-refractivity contribution is -0.134. The summed E-state index contributed by atoms with van der Waals surface area (Å²) in [7, 11) is 1.76. The molecule has 5 heteroatoms. The Labute approximate surface area is 141 Å². The maximum absolute atomic E-state index is 12.8. The first kappa shape index (κ1) is 16.2. The zero-order valence-corrected chi connectivity index (χ0v) is 14.1. The van der Waals surface area contributed by atoms with Gasteiger partial charge in [0.1, 0.15) is 12.2 Å². The second-order valence-electron chi connectivity index (χ2n) is 6.24. The van der Waals surface area contributed by atoms with E-state index in [4.69, 9.17) is 0 Å². The zero-order valence-electron chi connectivity index (χ0n) is 14.1. The smallest absolute Gasteiger partial charge is 0.247 e. The number of nitrogens with zero attached hydrogens (tertiary/aromatic N) is 3. The topological polar surface area (TPSA) is 53.5 Å². The first-order valence-electron chi connectivity index (χ1n) is 8.00. The average molecular weight is 323 g/mol. The molecule has 1 saturated heterocycles. The Morgan fingerprint density at radius 2 is 1.92 bits per heavy atom. The predicted molar refractivity (Wildman–Crippen MR) is 90.9 cm³/mol. The van der Waals surface area contributed by atoms with Gasteiger partial charge in [-0.3, -0.25) is 14.6 Å². The van der Waals surface area contributed by atoms with E-state index in [9.17, 15) is 9.59 Å². The van der Waals surface area contributed by atoms with E-state index in [0.29, 0.717) is 6.42 Å². The molecule has 2 amide bonds. The van der Waals surface area contributed by atoms with E-state index in [-0.39, 0.29) is 18.0 Å². The minimum absolute atomic E-state index is 0.0420. The van der Waals surface area contributed by atoms with Gasteiger partial charge >= 0.3 is 0 Å². The molecule has 0 bridgehead atoms. The van der Waals surface area contributed by atoms with Crippen molar-refractivity contribution in [2.45, 2.75) is 32.5 Å². The summed E-state index contributed by atoms with van der Waals surface area (Å²) in [5, 5.41) is 0. The summed E-state index contributed by atoms with van der Waals surface area (Å²) in [5.41, 5.74) is 3.03. The highest BCUT2D eigenvalue weighted by atomic mass is 16.2. The van der Waals surface area contributed by atoms with Gasteiger partial charge in [-0.25, -0.2) is 0 Å². The number of carbonyl (C=O) groups excluding carboxylic acids is 2. The highest BCUT2D eigenvalue weighted by Crippen LogP contribution is 2.34. The summed E-state index contributed by atoms with van der Waals surface area (Å²) in [4.78, 5) is 32.5. The molecular formula is C19H21N3O2. The Morgan fingerprint density at radius 1 is 1.21 bits per heavy atom. The van der Waals surface area contributed by atoms with E-state index in [1.165, 1.54) is 6.92 Å². The summed E-state index contributed by atoms with van der Waals surface area (Å²) in [6.07, 6.45) is 3.55. The van der Waals surface area contributed by atoms with Gasteiger partial charge in [-0.1, -0.05) is 35.9 Å². The standard InChI is InChI=1S/C19H21N3O2/c1-13-6-8-16(9-7-13)18-21(3)19(24)17(22(18)14(2)23)11-15-5-4-10-20-12-15/h4-10,12,17-18H,11H2,1-3H3. The highest BCUT2D eigenvalue weighted by Gasteiger charge is 2.46. The molecule has 3 rings (SSSR count). The molecule has 0 aliphatic carbocycles. The predicted octanol–water partition coefficient (Wildman–Crippen LogP) is 2.32. The molecule has 1 aliphatic heterocycles. The fourth-order valence-electron chi connectivity index (χ4n) is 3.27. The van der Waals surface area contributed by atoms with Crippen molar-refractivity contribution in [2.24, 2.45) is 0 Å². The molecule has 1 fully saturated rings. The van der Waals surface area contributed by atoms with Crippen LogP contribution in [0.5, 0.6) is 0 Å². The molecule has 0 N–H and O–H groups in total. The summed E-state index contributed by atoms with van der Waals surface area (Å²) in [5.74, 6) is -0.146. The van der Waals surface area contributed by atoms with Gasteiger partial charge in [-0.15, -0.1) is 0 Å². The van der Waals surface area contributed by atoms with Crippen molar-refractivity contribution < 1.29 is 9.59 Å². The molecule has 2 heterocycles. The fraction of sp³-hybridized carbons (Fsp3) is 0.316. The number of carbonyl (C=O) groups is 2.